The Labute approximate surface area is 190 Å². The lowest BCUT2D eigenvalue weighted by Crippen LogP contribution is -2.53. The lowest BCUT2D eigenvalue weighted by Gasteiger charge is -2.42. The first kappa shape index (κ1) is 23.1. The average molecular weight is 444 g/mol. The van der Waals surface area contributed by atoms with E-state index in [-0.39, 0.29) is 42.5 Å². The van der Waals surface area contributed by atoms with E-state index in [9.17, 15) is 14.7 Å². The van der Waals surface area contributed by atoms with Crippen LogP contribution < -0.4 is 10.6 Å². The van der Waals surface area contributed by atoms with E-state index in [0.717, 1.165) is 44.3 Å². The third kappa shape index (κ3) is 4.25. The quantitative estimate of drug-likeness (QED) is 0.629. The number of ether oxygens (including phenoxy) is 1. The molecule has 7 nitrogen and oxygen atoms in total. The van der Waals surface area contributed by atoms with Gasteiger partial charge in [0.1, 0.15) is 0 Å². The maximum Gasteiger partial charge on any atom is 0.228 e. The van der Waals surface area contributed by atoms with Gasteiger partial charge in [-0.2, -0.15) is 0 Å². The van der Waals surface area contributed by atoms with Crippen LogP contribution in [0.1, 0.15) is 57.6 Å². The van der Waals surface area contributed by atoms with Crippen LogP contribution in [0.15, 0.2) is 24.3 Å². The fraction of sp³-hybridized carbons (Fsp3) is 0.680. The van der Waals surface area contributed by atoms with Crippen molar-refractivity contribution in [2.24, 2.45) is 17.3 Å². The van der Waals surface area contributed by atoms with Crippen molar-refractivity contribution in [3.05, 3.63) is 29.8 Å². The molecular weight excluding hydrogens is 406 g/mol. The fourth-order valence-electron chi connectivity index (χ4n) is 5.67. The summed E-state index contributed by atoms with van der Waals surface area (Å²) in [5, 5.41) is 16.3. The van der Waals surface area contributed by atoms with Gasteiger partial charge in [-0.25, -0.2) is 0 Å². The van der Waals surface area contributed by atoms with Crippen LogP contribution in [0.3, 0.4) is 0 Å². The van der Waals surface area contributed by atoms with Crippen molar-refractivity contribution < 1.29 is 19.4 Å². The van der Waals surface area contributed by atoms with Gasteiger partial charge in [-0.15, -0.1) is 0 Å². The molecule has 1 saturated heterocycles. The van der Waals surface area contributed by atoms with Gasteiger partial charge in [0.15, 0.2) is 0 Å². The Balaban J connectivity index is 1.57. The summed E-state index contributed by atoms with van der Waals surface area (Å²) in [5.74, 6) is 0.0520. The van der Waals surface area contributed by atoms with Gasteiger partial charge in [0.25, 0.3) is 0 Å². The van der Waals surface area contributed by atoms with Crippen molar-refractivity contribution in [3.63, 3.8) is 0 Å². The number of amides is 2. The standard InChI is InChI=1S/C25H37N3O4/c1-25(2,15-29)24(31)27-20-11-7-5-9-18(20)23(30)28-13-12-17-21(14-32-3)26-19-10-6-4-8-16(19)22(17)28/h4,6,8,10,17-18,20-22,26,29H,5,7,9,11-15H2,1-3H3,(H,27,31)/t17-,18-,20+,21-,22-/m0/s1. The third-order valence-electron chi connectivity index (χ3n) is 7.62. The minimum atomic E-state index is -0.856. The number of rotatable bonds is 6. The maximum atomic E-state index is 13.9. The first-order valence-corrected chi connectivity index (χ1v) is 11.9. The zero-order chi connectivity index (χ0) is 22.9. The number of hydrogen-bond acceptors (Lipinski definition) is 5. The van der Waals surface area contributed by atoms with Gasteiger partial charge in [0, 0.05) is 31.3 Å². The zero-order valence-electron chi connectivity index (χ0n) is 19.5. The highest BCUT2D eigenvalue weighted by Crippen LogP contribution is 2.47. The van der Waals surface area contributed by atoms with Crippen molar-refractivity contribution in [1.82, 2.24) is 10.2 Å². The summed E-state index contributed by atoms with van der Waals surface area (Å²) >= 11 is 0. The van der Waals surface area contributed by atoms with Gasteiger partial charge < -0.3 is 25.4 Å². The lowest BCUT2D eigenvalue weighted by molar-refractivity contribution is -0.140. The molecule has 2 heterocycles. The normalized spacial score (nSPS) is 29.6. The van der Waals surface area contributed by atoms with E-state index < -0.39 is 5.41 Å². The summed E-state index contributed by atoms with van der Waals surface area (Å²) in [4.78, 5) is 28.7. The van der Waals surface area contributed by atoms with E-state index in [2.05, 4.69) is 27.7 Å². The monoisotopic (exact) mass is 443 g/mol. The van der Waals surface area contributed by atoms with Gasteiger partial charge in [0.05, 0.1) is 36.6 Å². The Kier molecular flexibility index (Phi) is 6.77. The highest BCUT2D eigenvalue weighted by molar-refractivity contribution is 5.85. The SMILES string of the molecule is COC[C@@H]1Nc2ccccc2[C@H]2[C@H]1CCN2C(=O)[C@H]1CCCC[C@H]1NC(=O)C(C)(C)CO. The third-order valence-corrected chi connectivity index (χ3v) is 7.62. The molecule has 0 unspecified atom stereocenters. The van der Waals surface area contributed by atoms with E-state index in [1.54, 1.807) is 21.0 Å². The van der Waals surface area contributed by atoms with E-state index in [1.807, 2.05) is 12.1 Å². The summed E-state index contributed by atoms with van der Waals surface area (Å²) in [5.41, 5.74) is 1.40. The maximum absolute atomic E-state index is 13.9. The Morgan fingerprint density at radius 3 is 2.72 bits per heavy atom. The van der Waals surface area contributed by atoms with Crippen LogP contribution in [-0.4, -0.2) is 60.8 Å². The predicted octanol–water partition coefficient (Wildman–Crippen LogP) is 2.71. The molecule has 176 valence electrons. The molecule has 5 atom stereocenters. The van der Waals surface area contributed by atoms with Crippen LogP contribution in [0, 0.1) is 17.3 Å². The predicted molar refractivity (Wildman–Crippen MR) is 123 cm³/mol. The van der Waals surface area contributed by atoms with E-state index in [1.165, 1.54) is 5.56 Å². The van der Waals surface area contributed by atoms with Gasteiger partial charge in [-0.3, -0.25) is 9.59 Å². The number of carbonyl (C=O) groups excluding carboxylic acids is 2. The molecule has 0 bridgehead atoms. The highest BCUT2D eigenvalue weighted by Gasteiger charge is 2.48. The van der Waals surface area contributed by atoms with Crippen molar-refractivity contribution in [3.8, 4) is 0 Å². The number of benzene rings is 1. The van der Waals surface area contributed by atoms with E-state index >= 15 is 0 Å². The molecule has 1 saturated carbocycles. The molecule has 0 spiro atoms. The minimum Gasteiger partial charge on any atom is -0.395 e. The van der Waals surface area contributed by atoms with Crippen LogP contribution in [0.5, 0.6) is 0 Å². The van der Waals surface area contributed by atoms with Crippen LogP contribution in [0.25, 0.3) is 0 Å². The summed E-state index contributed by atoms with van der Waals surface area (Å²) in [6, 6.07) is 8.29. The molecule has 2 aliphatic heterocycles. The van der Waals surface area contributed by atoms with Crippen molar-refractivity contribution >= 4 is 17.5 Å². The molecule has 1 aromatic rings. The molecule has 4 rings (SSSR count). The van der Waals surface area contributed by atoms with Gasteiger partial charge in [-0.05, 0) is 44.7 Å². The van der Waals surface area contributed by atoms with Crippen LogP contribution >= 0.6 is 0 Å². The van der Waals surface area contributed by atoms with Gasteiger partial charge >= 0.3 is 0 Å². The van der Waals surface area contributed by atoms with Crippen LogP contribution in [0.2, 0.25) is 0 Å². The van der Waals surface area contributed by atoms with E-state index in [4.69, 9.17) is 4.74 Å². The van der Waals surface area contributed by atoms with E-state index in [0.29, 0.717) is 12.5 Å². The van der Waals surface area contributed by atoms with Gasteiger partial charge in [-0.1, -0.05) is 31.0 Å². The Morgan fingerprint density at radius 2 is 1.97 bits per heavy atom. The average Bonchev–Trinajstić information content (AvgIpc) is 3.25. The minimum absolute atomic E-state index is 0.0345. The molecule has 32 heavy (non-hydrogen) atoms. The summed E-state index contributed by atoms with van der Waals surface area (Å²) < 4.78 is 5.49. The summed E-state index contributed by atoms with van der Waals surface area (Å²) in [7, 11) is 1.72. The number of nitrogens with one attached hydrogen (secondary N) is 2. The smallest absolute Gasteiger partial charge is 0.228 e. The van der Waals surface area contributed by atoms with Crippen molar-refractivity contribution in [2.45, 2.75) is 64.1 Å². The number of fused-ring (bicyclic) bond motifs is 3. The zero-order valence-corrected chi connectivity index (χ0v) is 19.5. The number of aliphatic hydroxyl groups is 1. The second kappa shape index (κ2) is 9.40. The second-order valence-electron chi connectivity index (χ2n) is 10.2. The first-order chi connectivity index (χ1) is 15.4. The Morgan fingerprint density at radius 1 is 1.22 bits per heavy atom. The molecule has 3 N–H and O–H groups in total. The number of aliphatic hydroxyl groups excluding tert-OH is 1. The number of para-hydroxylation sites is 1. The molecule has 0 aromatic heterocycles. The summed E-state index contributed by atoms with van der Waals surface area (Å²) in [6.07, 6.45) is 4.53. The number of methoxy groups -OCH3 is 1. The van der Waals surface area contributed by atoms with Crippen molar-refractivity contribution in [2.75, 3.05) is 32.2 Å². The highest BCUT2D eigenvalue weighted by atomic mass is 16.5. The molecule has 1 aliphatic carbocycles. The topological polar surface area (TPSA) is 90.9 Å². The Bertz CT molecular complexity index is 842. The lowest BCUT2D eigenvalue weighted by atomic mass is 9.80. The molecule has 3 aliphatic rings. The van der Waals surface area contributed by atoms with Crippen LogP contribution in [0.4, 0.5) is 5.69 Å². The molecular formula is C25H37N3O4. The second-order valence-corrected chi connectivity index (χ2v) is 10.2. The number of anilines is 1. The molecule has 7 heteroatoms. The largest absolute Gasteiger partial charge is 0.395 e. The number of hydrogen-bond donors (Lipinski definition) is 3. The molecule has 2 fully saturated rings. The van der Waals surface area contributed by atoms with Crippen molar-refractivity contribution in [1.29, 1.82) is 0 Å². The summed E-state index contributed by atoms with van der Waals surface area (Å²) in [6.45, 7) is 4.58. The van der Waals surface area contributed by atoms with Crippen LogP contribution in [-0.2, 0) is 14.3 Å². The van der Waals surface area contributed by atoms with Gasteiger partial charge in [0.2, 0.25) is 11.8 Å². The molecule has 1 aromatic carbocycles. The molecule has 2 amide bonds. The Hall–Kier alpha value is -2.12. The number of likely N-dealkylation sites (tertiary alicyclic amines) is 1. The number of nitrogens with zero attached hydrogens (tertiary/aromatic N) is 1. The fourth-order valence-corrected chi connectivity index (χ4v) is 5.67. The number of carbonyl (C=O) groups is 2. The molecule has 0 radical (unpaired) electrons. The first-order valence-electron chi connectivity index (χ1n) is 11.9.